The van der Waals surface area contributed by atoms with Crippen LogP contribution in [0, 0.1) is 20.8 Å². The smallest absolute Gasteiger partial charge is 0.201 e. The van der Waals surface area contributed by atoms with Gasteiger partial charge in [-0.1, -0.05) is 193 Å². The number of rotatable bonds is 11. The van der Waals surface area contributed by atoms with E-state index in [0.29, 0.717) is 0 Å². The molecule has 0 unspecified atom stereocenters. The predicted molar refractivity (Wildman–Crippen MR) is 361 cm³/mol. The summed E-state index contributed by atoms with van der Waals surface area (Å²) in [6.45, 7) is 20.5. The van der Waals surface area contributed by atoms with Crippen molar-refractivity contribution in [2.24, 2.45) is 21.1 Å². The predicted octanol–water partition coefficient (Wildman–Crippen LogP) is 20.0. The molecule has 0 radical (unpaired) electrons. The second-order valence-electron chi connectivity index (χ2n) is 25.7. The molecule has 0 aliphatic carbocycles. The van der Waals surface area contributed by atoms with Crippen LogP contribution in [0.4, 0.5) is 0 Å². The van der Waals surface area contributed by atoms with Gasteiger partial charge < -0.3 is 0 Å². The summed E-state index contributed by atoms with van der Waals surface area (Å²) in [5.74, 6) is 0. The van der Waals surface area contributed by atoms with E-state index in [0.717, 1.165) is 16.7 Å². The van der Waals surface area contributed by atoms with Crippen molar-refractivity contribution in [2.45, 2.75) is 73.1 Å². The van der Waals surface area contributed by atoms with Gasteiger partial charge in [0.1, 0.15) is 21.1 Å². The summed E-state index contributed by atoms with van der Waals surface area (Å²) >= 11 is 0. The Bertz CT molecular complexity index is 4350. The lowest BCUT2D eigenvalue weighted by atomic mass is 9.83. The van der Waals surface area contributed by atoms with Crippen LogP contribution in [0.15, 0.2) is 255 Å². The van der Waals surface area contributed by atoms with Gasteiger partial charge in [0.2, 0.25) is 17.1 Å². The monoisotopic (exact) mass is 1120 g/mol. The van der Waals surface area contributed by atoms with E-state index in [9.17, 15) is 0 Å². The molecule has 0 spiro atoms. The zero-order chi connectivity index (χ0) is 60.0. The molecule has 12 rings (SSSR count). The quantitative estimate of drug-likeness (QED) is 0.114. The van der Waals surface area contributed by atoms with E-state index in [1.165, 1.54) is 134 Å². The molecule has 3 heteroatoms. The fraction of sp³-hybridized carbons (Fsp3) is 0.169. The number of benzene rings is 9. The molecule has 3 heterocycles. The lowest BCUT2D eigenvalue weighted by Crippen LogP contribution is -2.31. The summed E-state index contributed by atoms with van der Waals surface area (Å²) in [4.78, 5) is 0. The molecule has 0 bridgehead atoms. The van der Waals surface area contributed by atoms with Gasteiger partial charge in [0.15, 0.2) is 18.6 Å². The highest BCUT2D eigenvalue weighted by Gasteiger charge is 2.25. The second-order valence-corrected chi connectivity index (χ2v) is 25.7. The van der Waals surface area contributed by atoms with Crippen LogP contribution in [0.2, 0.25) is 0 Å². The van der Waals surface area contributed by atoms with Gasteiger partial charge in [0.05, 0.1) is 0 Å². The van der Waals surface area contributed by atoms with Gasteiger partial charge in [-0.15, -0.1) is 0 Å². The lowest BCUT2D eigenvalue weighted by Gasteiger charge is -2.20. The zero-order valence-corrected chi connectivity index (χ0v) is 52.1. The van der Waals surface area contributed by atoms with Gasteiger partial charge in [-0.25, -0.2) is 13.7 Å². The van der Waals surface area contributed by atoms with Crippen LogP contribution in [-0.2, 0) is 32.0 Å². The maximum Gasteiger partial charge on any atom is 0.212 e. The molecule has 0 amide bonds. The zero-order valence-electron chi connectivity index (χ0n) is 52.1. The first-order valence-electron chi connectivity index (χ1n) is 30.3. The molecule has 422 valence electrons. The van der Waals surface area contributed by atoms with Crippen molar-refractivity contribution in [1.29, 1.82) is 0 Å². The topological polar surface area (TPSA) is 11.6 Å². The van der Waals surface area contributed by atoms with Crippen molar-refractivity contribution in [1.82, 2.24) is 0 Å². The third-order valence-corrected chi connectivity index (χ3v) is 17.6. The van der Waals surface area contributed by atoms with Gasteiger partial charge in [0.25, 0.3) is 0 Å². The maximum absolute atomic E-state index is 2.44. The maximum atomic E-state index is 2.44. The van der Waals surface area contributed by atoms with Crippen LogP contribution >= 0.6 is 0 Å². The molecule has 0 saturated carbocycles. The molecular formula is C83H78N3+3. The Balaban J connectivity index is 1.05. The Morgan fingerprint density at radius 2 is 0.593 bits per heavy atom. The van der Waals surface area contributed by atoms with Crippen LogP contribution in [0.3, 0.4) is 0 Å². The summed E-state index contributed by atoms with van der Waals surface area (Å²) in [5.41, 5.74) is 32.5. The van der Waals surface area contributed by atoms with E-state index in [4.69, 9.17) is 0 Å². The first-order chi connectivity index (χ1) is 41.4. The van der Waals surface area contributed by atoms with Crippen molar-refractivity contribution in [3.05, 3.63) is 283 Å². The molecule has 0 N–H and O–H groups in total. The van der Waals surface area contributed by atoms with Gasteiger partial charge in [-0.2, -0.15) is 0 Å². The molecule has 0 fully saturated rings. The minimum Gasteiger partial charge on any atom is -0.201 e. The largest absolute Gasteiger partial charge is 0.212 e. The minimum absolute atomic E-state index is 0.0348. The Kier molecular flexibility index (Phi) is 15.3. The van der Waals surface area contributed by atoms with E-state index in [1.807, 2.05) is 0 Å². The normalized spacial score (nSPS) is 11.7. The molecule has 3 nitrogen and oxygen atoms in total. The van der Waals surface area contributed by atoms with Crippen LogP contribution < -0.4 is 13.7 Å². The first-order valence-corrected chi connectivity index (χ1v) is 30.3. The summed E-state index contributed by atoms with van der Waals surface area (Å²) < 4.78 is 6.72. The molecule has 0 atom stereocenters. The van der Waals surface area contributed by atoms with Crippen LogP contribution in [0.25, 0.3) is 123 Å². The number of hydrogen-bond acceptors (Lipinski definition) is 0. The molecule has 0 aliphatic rings. The van der Waals surface area contributed by atoms with E-state index in [-0.39, 0.29) is 10.8 Å². The Hall–Kier alpha value is -9.57. The molecule has 3 aromatic heterocycles. The summed E-state index contributed by atoms with van der Waals surface area (Å²) in [7, 11) is 6.44. The highest BCUT2D eigenvalue weighted by molar-refractivity contribution is 5.98. The van der Waals surface area contributed by atoms with Crippen LogP contribution in [0.5, 0.6) is 0 Å². The van der Waals surface area contributed by atoms with Crippen LogP contribution in [-0.4, -0.2) is 0 Å². The fourth-order valence-corrected chi connectivity index (χ4v) is 12.6. The molecule has 9 aromatic carbocycles. The standard InChI is InChI=1S/C83H78N3/c1-55-46-61(37-39-68(55)80-52-66(82(4,5)6)41-44-85(80)11)70-26-16-18-28-72(70)63-49-64(73-29-19-17-27-71(73)62-38-40-69(56(2)47-62)81-53-67(83(7,8)9)42-45-86(81)12)51-65(50-63)74-30-20-21-31-75(74)78-48-57(3)76(79-32-22-23-43-84(79)10)54-77(78)60-35-33-59(34-36-60)58-24-14-13-15-25-58/h13-54H,1-12H3/q+3. The van der Waals surface area contributed by atoms with Gasteiger partial charge in [-0.05, 0) is 197 Å². The summed E-state index contributed by atoms with van der Waals surface area (Å²) in [6.07, 6.45) is 6.54. The van der Waals surface area contributed by atoms with Gasteiger partial charge in [0, 0.05) is 53.1 Å². The molecule has 0 aliphatic heterocycles. The van der Waals surface area contributed by atoms with Crippen LogP contribution in [0.1, 0.15) is 69.4 Å². The molecular weight excluding hydrogens is 1040 g/mol. The Morgan fingerprint density at radius 1 is 0.221 bits per heavy atom. The van der Waals surface area contributed by atoms with Gasteiger partial charge >= 0.3 is 0 Å². The number of nitrogens with zero attached hydrogens (tertiary/aromatic N) is 3. The number of aromatic nitrogens is 3. The number of pyridine rings is 3. The highest BCUT2D eigenvalue weighted by Crippen LogP contribution is 2.46. The van der Waals surface area contributed by atoms with Crippen molar-refractivity contribution in [2.75, 3.05) is 0 Å². The van der Waals surface area contributed by atoms with E-state index < -0.39 is 0 Å². The third kappa shape index (κ3) is 11.3. The van der Waals surface area contributed by atoms with Crippen molar-refractivity contribution < 1.29 is 13.7 Å². The van der Waals surface area contributed by atoms with Gasteiger partial charge in [-0.3, -0.25) is 0 Å². The van der Waals surface area contributed by atoms with E-state index in [1.54, 1.807) is 0 Å². The Labute approximate surface area is 510 Å². The summed E-state index contributed by atoms with van der Waals surface area (Å²) in [6, 6.07) is 88.7. The third-order valence-electron chi connectivity index (χ3n) is 17.6. The minimum atomic E-state index is 0.0348. The highest BCUT2D eigenvalue weighted by atomic mass is 14.9. The SMILES string of the molecule is Cc1cc(-c2ccccc2-c2cc(-c3ccccc3-c3ccc(-c4cc(C(C)(C)C)cc[n+]4C)c(C)c3)cc(-c3ccccc3-c3cc(C)c(-c4cccc[n+]4C)cc3-c3ccc(-c4ccccc4)cc3)c2)ccc1-c1cc(C(C)(C)C)cc[n+]1C. The number of hydrogen-bond donors (Lipinski definition) is 0. The average Bonchev–Trinajstić information content (AvgIpc) is 3.62. The van der Waals surface area contributed by atoms with Crippen molar-refractivity contribution in [3.63, 3.8) is 0 Å². The summed E-state index contributed by atoms with van der Waals surface area (Å²) in [5, 5.41) is 0. The molecule has 86 heavy (non-hydrogen) atoms. The number of aryl methyl sites for hydroxylation is 6. The molecule has 0 saturated heterocycles. The average molecular weight is 1120 g/mol. The Morgan fingerprint density at radius 3 is 1.05 bits per heavy atom. The lowest BCUT2D eigenvalue weighted by molar-refractivity contribution is -0.660. The van der Waals surface area contributed by atoms with Crippen molar-refractivity contribution >= 4 is 0 Å². The van der Waals surface area contributed by atoms with Crippen molar-refractivity contribution in [3.8, 4) is 123 Å². The van der Waals surface area contributed by atoms with E-state index in [2.05, 4.69) is 352 Å². The molecule has 12 aromatic rings. The first kappa shape index (κ1) is 56.9. The fourth-order valence-electron chi connectivity index (χ4n) is 12.6. The van der Waals surface area contributed by atoms with E-state index >= 15 is 0 Å². The second kappa shape index (κ2) is 23.1.